The summed E-state index contributed by atoms with van der Waals surface area (Å²) in [5.74, 6) is 1.00. The highest BCUT2D eigenvalue weighted by atomic mass is 32.2. The highest BCUT2D eigenvalue weighted by Crippen LogP contribution is 2.20. The molecule has 0 aliphatic carbocycles. The number of nitrogens with zero attached hydrogens (tertiary/aromatic N) is 2. The number of benzene rings is 2. The Morgan fingerprint density at radius 1 is 0.947 bits per heavy atom. The fourth-order valence-electron chi connectivity index (χ4n) is 2.10. The van der Waals surface area contributed by atoms with Crippen LogP contribution >= 0.6 is 11.8 Å². The molecule has 0 bridgehead atoms. The first-order valence-corrected chi connectivity index (χ1v) is 7.39. The normalized spacial score (nSPS) is 16.1. The highest BCUT2D eigenvalue weighted by Gasteiger charge is 2.14. The van der Waals surface area contributed by atoms with Gasteiger partial charge in [0.05, 0.1) is 12.5 Å². The van der Waals surface area contributed by atoms with Gasteiger partial charge in [-0.1, -0.05) is 72.4 Å². The van der Waals surface area contributed by atoms with Gasteiger partial charge in [-0.25, -0.2) is 0 Å². The van der Waals surface area contributed by atoms with Gasteiger partial charge in [0.2, 0.25) is 0 Å². The van der Waals surface area contributed by atoms with E-state index in [4.69, 9.17) is 0 Å². The molecule has 2 aromatic carbocycles. The van der Waals surface area contributed by atoms with Crippen LogP contribution in [-0.4, -0.2) is 22.5 Å². The molecular weight excluding hydrogens is 252 g/mol. The van der Waals surface area contributed by atoms with E-state index >= 15 is 0 Å². The van der Waals surface area contributed by atoms with Crippen LogP contribution in [0.1, 0.15) is 11.1 Å². The van der Waals surface area contributed by atoms with Gasteiger partial charge in [-0.05, 0) is 5.56 Å². The van der Waals surface area contributed by atoms with Crippen LogP contribution in [0.2, 0.25) is 0 Å². The van der Waals surface area contributed by atoms with E-state index in [1.54, 1.807) is 0 Å². The van der Waals surface area contributed by atoms with Crippen LogP contribution in [0.3, 0.4) is 0 Å². The van der Waals surface area contributed by atoms with Crippen molar-refractivity contribution in [1.29, 1.82) is 0 Å². The fraction of sp³-hybridized carbons (Fsp3) is 0.188. The van der Waals surface area contributed by atoms with Gasteiger partial charge < -0.3 is 0 Å². The zero-order valence-corrected chi connectivity index (χ0v) is 11.5. The van der Waals surface area contributed by atoms with Crippen LogP contribution in [0.4, 0.5) is 0 Å². The first-order chi connectivity index (χ1) is 9.42. The quantitative estimate of drug-likeness (QED) is 0.845. The van der Waals surface area contributed by atoms with E-state index in [-0.39, 0.29) is 0 Å². The molecule has 96 valence electrons. The second-order valence-corrected chi connectivity index (χ2v) is 5.49. The molecule has 0 aromatic heterocycles. The summed E-state index contributed by atoms with van der Waals surface area (Å²) in [6.45, 7) is 1.76. The minimum Gasteiger partial charge on any atom is -0.270 e. The Balaban J connectivity index is 1.64. The fourth-order valence-corrected chi connectivity index (χ4v) is 3.03. The van der Waals surface area contributed by atoms with Crippen LogP contribution in [0.15, 0.2) is 65.7 Å². The Labute approximate surface area is 118 Å². The van der Waals surface area contributed by atoms with Gasteiger partial charge in [0.25, 0.3) is 0 Å². The summed E-state index contributed by atoms with van der Waals surface area (Å²) in [5.41, 5.74) is 2.58. The highest BCUT2D eigenvalue weighted by molar-refractivity contribution is 8.14. The third kappa shape index (κ3) is 3.25. The van der Waals surface area contributed by atoms with Gasteiger partial charge in [0, 0.05) is 12.1 Å². The number of hydrogen-bond donors (Lipinski definition) is 0. The Morgan fingerprint density at radius 3 is 2.26 bits per heavy atom. The molecule has 3 rings (SSSR count). The lowest BCUT2D eigenvalue weighted by atomic mass is 10.2. The molecule has 0 saturated carbocycles. The number of hydrogen-bond acceptors (Lipinski definition) is 3. The van der Waals surface area contributed by atoms with E-state index in [1.165, 1.54) is 11.1 Å². The van der Waals surface area contributed by atoms with Crippen LogP contribution < -0.4 is 0 Å². The van der Waals surface area contributed by atoms with Crippen LogP contribution in [-0.2, 0) is 6.54 Å². The maximum atomic E-state index is 4.68. The van der Waals surface area contributed by atoms with Crippen LogP contribution in [0.5, 0.6) is 0 Å². The largest absolute Gasteiger partial charge is 0.270 e. The van der Waals surface area contributed by atoms with Gasteiger partial charge in [-0.15, -0.1) is 0 Å². The number of aliphatic imine (C=N–C) groups is 1. The SMILES string of the molecule is c1ccc(CN2CN=C(c3ccccc3)SC2)cc1. The third-order valence-electron chi connectivity index (χ3n) is 3.07. The first kappa shape index (κ1) is 12.5. The van der Waals surface area contributed by atoms with Crippen molar-refractivity contribution in [3.05, 3.63) is 71.8 Å². The van der Waals surface area contributed by atoms with Crippen molar-refractivity contribution in [2.75, 3.05) is 12.5 Å². The second kappa shape index (κ2) is 6.04. The molecule has 1 aliphatic heterocycles. The summed E-state index contributed by atoms with van der Waals surface area (Å²) in [4.78, 5) is 7.04. The molecule has 0 amide bonds. The van der Waals surface area contributed by atoms with Crippen molar-refractivity contribution in [3.8, 4) is 0 Å². The summed E-state index contributed by atoms with van der Waals surface area (Å²) < 4.78 is 0. The standard InChI is InChI=1S/C16H16N2S/c1-3-7-14(8-4-1)11-18-12-17-16(19-13-18)15-9-5-2-6-10-15/h1-10H,11-13H2. The van der Waals surface area contributed by atoms with E-state index in [0.717, 1.165) is 24.1 Å². The van der Waals surface area contributed by atoms with E-state index in [2.05, 4.69) is 64.5 Å². The zero-order chi connectivity index (χ0) is 12.9. The smallest absolute Gasteiger partial charge is 0.101 e. The Morgan fingerprint density at radius 2 is 1.63 bits per heavy atom. The predicted molar refractivity (Wildman–Crippen MR) is 82.3 cm³/mol. The molecule has 1 heterocycles. The molecule has 0 spiro atoms. The lowest BCUT2D eigenvalue weighted by molar-refractivity contribution is 0.323. The maximum absolute atomic E-state index is 4.68. The number of rotatable bonds is 3. The average Bonchev–Trinajstić information content (AvgIpc) is 2.50. The lowest BCUT2D eigenvalue weighted by Crippen LogP contribution is -2.28. The molecule has 0 unspecified atom stereocenters. The predicted octanol–water partition coefficient (Wildman–Crippen LogP) is 3.60. The van der Waals surface area contributed by atoms with E-state index in [1.807, 2.05) is 17.8 Å². The van der Waals surface area contributed by atoms with Crippen molar-refractivity contribution in [2.45, 2.75) is 6.54 Å². The molecule has 0 radical (unpaired) electrons. The van der Waals surface area contributed by atoms with Crippen LogP contribution in [0.25, 0.3) is 0 Å². The monoisotopic (exact) mass is 268 g/mol. The minimum absolute atomic E-state index is 0.784. The van der Waals surface area contributed by atoms with Gasteiger partial charge >= 0.3 is 0 Å². The maximum Gasteiger partial charge on any atom is 0.101 e. The van der Waals surface area contributed by atoms with Gasteiger partial charge in [0.1, 0.15) is 5.04 Å². The molecule has 1 aliphatic rings. The Hall–Kier alpha value is -1.58. The minimum atomic E-state index is 0.784. The van der Waals surface area contributed by atoms with Crippen LogP contribution in [0, 0.1) is 0 Å². The Kier molecular flexibility index (Phi) is 3.96. The summed E-state index contributed by atoms with van der Waals surface area (Å²) >= 11 is 1.82. The molecule has 0 N–H and O–H groups in total. The molecule has 3 heteroatoms. The lowest BCUT2D eigenvalue weighted by Gasteiger charge is -2.25. The summed E-state index contributed by atoms with van der Waals surface area (Å²) in [5, 5.41) is 1.16. The van der Waals surface area contributed by atoms with E-state index < -0.39 is 0 Å². The van der Waals surface area contributed by atoms with Gasteiger partial charge in [-0.2, -0.15) is 0 Å². The van der Waals surface area contributed by atoms with Gasteiger partial charge in [-0.3, -0.25) is 9.89 Å². The van der Waals surface area contributed by atoms with Gasteiger partial charge in [0.15, 0.2) is 0 Å². The second-order valence-electron chi connectivity index (χ2n) is 4.56. The molecule has 19 heavy (non-hydrogen) atoms. The molecule has 2 nitrogen and oxygen atoms in total. The van der Waals surface area contributed by atoms with Crippen molar-refractivity contribution >= 4 is 16.8 Å². The molecule has 0 fully saturated rings. The van der Waals surface area contributed by atoms with E-state index in [9.17, 15) is 0 Å². The Bertz CT molecular complexity index is 551. The summed E-state index contributed by atoms with van der Waals surface area (Å²) in [6.07, 6.45) is 0. The molecule has 0 atom stereocenters. The first-order valence-electron chi connectivity index (χ1n) is 6.41. The topological polar surface area (TPSA) is 15.6 Å². The average molecular weight is 268 g/mol. The summed E-state index contributed by atoms with van der Waals surface area (Å²) in [6, 6.07) is 21.0. The van der Waals surface area contributed by atoms with E-state index in [0.29, 0.717) is 0 Å². The van der Waals surface area contributed by atoms with Crippen molar-refractivity contribution in [1.82, 2.24) is 4.90 Å². The molecule has 2 aromatic rings. The van der Waals surface area contributed by atoms with Crippen molar-refractivity contribution in [3.63, 3.8) is 0 Å². The van der Waals surface area contributed by atoms with Crippen molar-refractivity contribution in [2.24, 2.45) is 4.99 Å². The number of thioether (sulfide) groups is 1. The molecule has 0 saturated heterocycles. The van der Waals surface area contributed by atoms with Crippen molar-refractivity contribution < 1.29 is 0 Å². The molecular formula is C16H16N2S. The summed E-state index contributed by atoms with van der Waals surface area (Å²) in [7, 11) is 0. The zero-order valence-electron chi connectivity index (χ0n) is 10.7. The third-order valence-corrected chi connectivity index (χ3v) is 4.20.